The Morgan fingerprint density at radius 3 is 2.24 bits per heavy atom. The first kappa shape index (κ1) is 17.0. The van der Waals surface area contributed by atoms with E-state index in [0.717, 1.165) is 31.6 Å². The van der Waals surface area contributed by atoms with E-state index in [0.29, 0.717) is 17.7 Å². The first-order valence-electron chi connectivity index (χ1n) is 8.71. The van der Waals surface area contributed by atoms with Crippen molar-refractivity contribution in [1.82, 2.24) is 15.5 Å². The van der Waals surface area contributed by atoms with Crippen molar-refractivity contribution < 1.29 is 4.79 Å². The zero-order chi connectivity index (χ0) is 17.6. The van der Waals surface area contributed by atoms with Crippen molar-refractivity contribution in [1.29, 1.82) is 0 Å². The summed E-state index contributed by atoms with van der Waals surface area (Å²) >= 11 is 0. The molecular weight excluding hydrogens is 316 g/mol. The molecule has 1 aromatic heterocycles. The van der Waals surface area contributed by atoms with Gasteiger partial charge in [-0.3, -0.25) is 5.32 Å². The van der Waals surface area contributed by atoms with Crippen molar-refractivity contribution in [3.8, 4) is 0 Å². The van der Waals surface area contributed by atoms with Gasteiger partial charge in [-0.05, 0) is 63.1 Å². The lowest BCUT2D eigenvalue weighted by Gasteiger charge is -2.21. The topological polar surface area (TPSA) is 82.2 Å². The highest BCUT2D eigenvalue weighted by molar-refractivity contribution is 5.88. The van der Waals surface area contributed by atoms with Gasteiger partial charge in [-0.2, -0.15) is 0 Å². The van der Waals surface area contributed by atoms with E-state index in [1.807, 2.05) is 12.1 Å². The molecule has 7 nitrogen and oxygen atoms in total. The highest BCUT2D eigenvalue weighted by Gasteiger charge is 2.23. The largest absolute Gasteiger partial charge is 0.372 e. The molecule has 1 aliphatic rings. The number of aromatic nitrogens is 2. The lowest BCUT2D eigenvalue weighted by Crippen LogP contribution is -2.30. The van der Waals surface area contributed by atoms with Crippen molar-refractivity contribution in [2.45, 2.75) is 32.7 Å². The third-order valence-electron chi connectivity index (χ3n) is 4.09. The van der Waals surface area contributed by atoms with E-state index in [4.69, 9.17) is 0 Å². The van der Waals surface area contributed by atoms with Gasteiger partial charge < -0.3 is 15.5 Å². The summed E-state index contributed by atoms with van der Waals surface area (Å²) in [5.41, 5.74) is 2.14. The highest BCUT2D eigenvalue weighted by atomic mass is 16.2. The number of urea groups is 1. The fraction of sp³-hybridized carbons (Fsp3) is 0.389. The van der Waals surface area contributed by atoms with E-state index in [1.165, 1.54) is 5.69 Å². The van der Waals surface area contributed by atoms with Gasteiger partial charge in [-0.15, -0.1) is 10.2 Å². The number of carbonyl (C=O) groups excluding carboxylic acids is 1. The standard InChI is InChI=1S/C18H24N6O/c1-3-24(4-2)15-9-7-13(8-10-15)19-16-11-12-17(23-22-16)21-18(25)20-14-5-6-14/h7-12,14H,3-6H2,1-2H3,(H,19,22)(H2,20,21,23,25). The molecule has 3 N–H and O–H groups in total. The van der Waals surface area contributed by atoms with Crippen molar-refractivity contribution in [2.75, 3.05) is 28.6 Å². The summed E-state index contributed by atoms with van der Waals surface area (Å²) in [4.78, 5) is 14.0. The predicted molar refractivity (Wildman–Crippen MR) is 100 cm³/mol. The van der Waals surface area contributed by atoms with Crippen molar-refractivity contribution >= 4 is 29.0 Å². The fourth-order valence-corrected chi connectivity index (χ4v) is 2.52. The van der Waals surface area contributed by atoms with E-state index >= 15 is 0 Å². The maximum atomic E-state index is 11.7. The second-order valence-corrected chi connectivity index (χ2v) is 6.02. The fourth-order valence-electron chi connectivity index (χ4n) is 2.52. The number of anilines is 4. The quantitative estimate of drug-likeness (QED) is 0.720. The van der Waals surface area contributed by atoms with Gasteiger partial charge in [0.2, 0.25) is 0 Å². The molecule has 2 amide bonds. The Labute approximate surface area is 147 Å². The average Bonchev–Trinajstić information content (AvgIpc) is 3.43. The van der Waals surface area contributed by atoms with Gasteiger partial charge in [-0.25, -0.2) is 4.79 Å². The van der Waals surface area contributed by atoms with Crippen LogP contribution in [0.1, 0.15) is 26.7 Å². The zero-order valence-corrected chi connectivity index (χ0v) is 14.6. The van der Waals surface area contributed by atoms with Crippen molar-refractivity contribution in [3.05, 3.63) is 36.4 Å². The summed E-state index contributed by atoms with van der Waals surface area (Å²) in [6.45, 7) is 6.26. The molecule has 0 bridgehead atoms. The molecule has 25 heavy (non-hydrogen) atoms. The summed E-state index contributed by atoms with van der Waals surface area (Å²) in [7, 11) is 0. The van der Waals surface area contributed by atoms with Gasteiger partial charge >= 0.3 is 6.03 Å². The van der Waals surface area contributed by atoms with E-state index in [2.05, 4.69) is 57.0 Å². The number of hydrogen-bond acceptors (Lipinski definition) is 5. The Morgan fingerprint density at radius 1 is 1.04 bits per heavy atom. The van der Waals surface area contributed by atoms with Gasteiger partial charge in [0.25, 0.3) is 0 Å². The van der Waals surface area contributed by atoms with Crippen LogP contribution in [0.3, 0.4) is 0 Å². The van der Waals surface area contributed by atoms with Crippen LogP contribution in [-0.2, 0) is 0 Å². The molecule has 3 rings (SSSR count). The van der Waals surface area contributed by atoms with Gasteiger partial charge in [0, 0.05) is 30.5 Å². The number of rotatable bonds is 7. The van der Waals surface area contributed by atoms with Crippen LogP contribution in [0.2, 0.25) is 0 Å². The first-order valence-corrected chi connectivity index (χ1v) is 8.71. The third kappa shape index (κ3) is 4.82. The smallest absolute Gasteiger partial charge is 0.320 e. The summed E-state index contributed by atoms with van der Waals surface area (Å²) < 4.78 is 0. The summed E-state index contributed by atoms with van der Waals surface area (Å²) in [6.07, 6.45) is 2.10. The monoisotopic (exact) mass is 340 g/mol. The molecule has 0 aliphatic heterocycles. The number of nitrogens with zero attached hydrogens (tertiary/aromatic N) is 3. The lowest BCUT2D eigenvalue weighted by atomic mass is 10.2. The van der Waals surface area contributed by atoms with Crippen molar-refractivity contribution in [2.24, 2.45) is 0 Å². The Hall–Kier alpha value is -2.83. The number of amides is 2. The van der Waals surface area contributed by atoms with Crippen LogP contribution in [0.15, 0.2) is 36.4 Å². The van der Waals surface area contributed by atoms with Crippen LogP contribution in [0.25, 0.3) is 0 Å². The van der Waals surface area contributed by atoms with Gasteiger partial charge in [0.15, 0.2) is 11.6 Å². The van der Waals surface area contributed by atoms with E-state index in [-0.39, 0.29) is 6.03 Å². The van der Waals surface area contributed by atoms with Gasteiger partial charge in [0.1, 0.15) is 0 Å². The summed E-state index contributed by atoms with van der Waals surface area (Å²) in [5.74, 6) is 1.06. The maximum absolute atomic E-state index is 11.7. The molecule has 1 aliphatic carbocycles. The summed E-state index contributed by atoms with van der Waals surface area (Å²) in [6, 6.07) is 11.8. The molecule has 1 heterocycles. The highest BCUT2D eigenvalue weighted by Crippen LogP contribution is 2.21. The van der Waals surface area contributed by atoms with Gasteiger partial charge in [-0.1, -0.05) is 0 Å². The normalized spacial score (nSPS) is 13.2. The molecule has 0 radical (unpaired) electrons. The molecular formula is C18H24N6O. The molecule has 1 aromatic carbocycles. The minimum absolute atomic E-state index is 0.232. The van der Waals surface area contributed by atoms with E-state index in [9.17, 15) is 4.79 Å². The van der Waals surface area contributed by atoms with Crippen LogP contribution < -0.4 is 20.9 Å². The van der Waals surface area contributed by atoms with Crippen LogP contribution in [0, 0.1) is 0 Å². The van der Waals surface area contributed by atoms with Gasteiger partial charge in [0.05, 0.1) is 0 Å². The minimum atomic E-state index is -0.232. The molecule has 2 aromatic rings. The minimum Gasteiger partial charge on any atom is -0.372 e. The van der Waals surface area contributed by atoms with Crippen molar-refractivity contribution in [3.63, 3.8) is 0 Å². The zero-order valence-electron chi connectivity index (χ0n) is 14.6. The van der Waals surface area contributed by atoms with Crippen LogP contribution in [0.4, 0.5) is 27.8 Å². The Kier molecular flexibility index (Phi) is 5.33. The summed E-state index contributed by atoms with van der Waals surface area (Å²) in [5, 5.41) is 16.9. The number of nitrogens with one attached hydrogen (secondary N) is 3. The van der Waals surface area contributed by atoms with Crippen LogP contribution in [-0.4, -0.2) is 35.4 Å². The molecule has 0 saturated heterocycles. The number of carbonyl (C=O) groups is 1. The molecule has 0 atom stereocenters. The first-order chi connectivity index (χ1) is 12.2. The van der Waals surface area contributed by atoms with Crippen LogP contribution >= 0.6 is 0 Å². The molecule has 0 spiro atoms. The predicted octanol–water partition coefficient (Wildman–Crippen LogP) is 3.35. The van der Waals surface area contributed by atoms with E-state index in [1.54, 1.807) is 12.1 Å². The second-order valence-electron chi connectivity index (χ2n) is 6.02. The molecule has 1 saturated carbocycles. The molecule has 1 fully saturated rings. The number of hydrogen-bond donors (Lipinski definition) is 3. The van der Waals surface area contributed by atoms with Crippen LogP contribution in [0.5, 0.6) is 0 Å². The van der Waals surface area contributed by atoms with E-state index < -0.39 is 0 Å². The SMILES string of the molecule is CCN(CC)c1ccc(Nc2ccc(NC(=O)NC3CC3)nn2)cc1. The molecule has 132 valence electrons. The average molecular weight is 340 g/mol. The molecule has 7 heteroatoms. The Morgan fingerprint density at radius 2 is 1.68 bits per heavy atom. The number of benzene rings is 1. The second kappa shape index (κ2) is 7.83. The third-order valence-corrected chi connectivity index (χ3v) is 4.09. The molecule has 0 unspecified atom stereocenters. The maximum Gasteiger partial charge on any atom is 0.320 e. The Bertz CT molecular complexity index is 693. The lowest BCUT2D eigenvalue weighted by molar-refractivity contribution is 0.251. The Balaban J connectivity index is 1.56.